The van der Waals surface area contributed by atoms with Crippen molar-refractivity contribution in [3.8, 4) is 0 Å². The first kappa shape index (κ1) is 11.4. The molecule has 0 N–H and O–H groups in total. The summed E-state index contributed by atoms with van der Waals surface area (Å²) in [5, 5.41) is 0. The highest BCUT2D eigenvalue weighted by molar-refractivity contribution is 7.52. The molecule has 0 aliphatic rings. The van der Waals surface area contributed by atoms with Gasteiger partial charge in [0.25, 0.3) is 0 Å². The lowest BCUT2D eigenvalue weighted by atomic mass is 10.3. The van der Waals surface area contributed by atoms with Gasteiger partial charge in [0.15, 0.2) is 0 Å². The SMILES string of the molecule is CCc1cccn1P(n1cccc1)n1cccc1. The van der Waals surface area contributed by atoms with Gasteiger partial charge in [0.2, 0.25) is 8.37 Å². The van der Waals surface area contributed by atoms with Crippen LogP contribution < -0.4 is 0 Å². The molecule has 3 heterocycles. The zero-order chi connectivity index (χ0) is 12.4. The minimum absolute atomic E-state index is 0.611. The normalized spacial score (nSPS) is 11.2. The molecule has 0 unspecified atom stereocenters. The van der Waals surface area contributed by atoms with Gasteiger partial charge in [-0.15, -0.1) is 0 Å². The van der Waals surface area contributed by atoms with Crippen LogP contribution in [-0.4, -0.2) is 13.0 Å². The van der Waals surface area contributed by atoms with E-state index in [1.165, 1.54) is 5.69 Å². The summed E-state index contributed by atoms with van der Waals surface area (Å²) >= 11 is 0. The van der Waals surface area contributed by atoms with Gasteiger partial charge in [-0.1, -0.05) is 6.92 Å². The largest absolute Gasteiger partial charge is 0.299 e. The predicted octanol–water partition coefficient (Wildman–Crippen LogP) is 3.83. The van der Waals surface area contributed by atoms with Crippen molar-refractivity contribution >= 4 is 8.37 Å². The molecule has 0 radical (unpaired) electrons. The lowest BCUT2D eigenvalue weighted by Crippen LogP contribution is -2.07. The molecule has 0 aliphatic heterocycles. The lowest BCUT2D eigenvalue weighted by Gasteiger charge is -2.23. The summed E-state index contributed by atoms with van der Waals surface area (Å²) in [5.74, 6) is 0. The van der Waals surface area contributed by atoms with Crippen molar-refractivity contribution in [1.82, 2.24) is 13.0 Å². The number of rotatable bonds is 4. The van der Waals surface area contributed by atoms with Crippen LogP contribution in [0.2, 0.25) is 0 Å². The Morgan fingerprint density at radius 1 is 0.833 bits per heavy atom. The Balaban J connectivity index is 2.11. The first-order chi connectivity index (χ1) is 8.90. The van der Waals surface area contributed by atoms with E-state index in [0.29, 0.717) is 0 Å². The molecule has 3 aromatic rings. The molecule has 0 aliphatic carbocycles. The van der Waals surface area contributed by atoms with E-state index in [0.717, 1.165) is 6.42 Å². The van der Waals surface area contributed by atoms with Crippen molar-refractivity contribution in [2.45, 2.75) is 13.3 Å². The highest BCUT2D eigenvalue weighted by Gasteiger charge is 2.16. The molecular weight excluding hydrogens is 241 g/mol. The van der Waals surface area contributed by atoms with Crippen LogP contribution >= 0.6 is 8.37 Å². The van der Waals surface area contributed by atoms with Gasteiger partial charge in [-0.05, 0) is 42.8 Å². The minimum Gasteiger partial charge on any atom is -0.299 e. The number of nitrogens with zero attached hydrogens (tertiary/aromatic N) is 3. The van der Waals surface area contributed by atoms with Crippen LogP contribution in [0.15, 0.2) is 67.4 Å². The van der Waals surface area contributed by atoms with Crippen molar-refractivity contribution in [2.75, 3.05) is 0 Å². The zero-order valence-corrected chi connectivity index (χ0v) is 11.2. The van der Waals surface area contributed by atoms with Gasteiger partial charge >= 0.3 is 0 Å². The van der Waals surface area contributed by atoms with Crippen LogP contribution in [0.4, 0.5) is 0 Å². The Morgan fingerprint density at radius 3 is 1.89 bits per heavy atom. The van der Waals surface area contributed by atoms with Crippen LogP contribution in [-0.2, 0) is 6.42 Å². The zero-order valence-electron chi connectivity index (χ0n) is 10.3. The third kappa shape index (κ3) is 1.91. The van der Waals surface area contributed by atoms with Crippen LogP contribution in [0.25, 0.3) is 0 Å². The summed E-state index contributed by atoms with van der Waals surface area (Å²) in [5.41, 5.74) is 1.36. The van der Waals surface area contributed by atoms with E-state index in [9.17, 15) is 0 Å². The van der Waals surface area contributed by atoms with E-state index in [1.807, 2.05) is 0 Å². The van der Waals surface area contributed by atoms with Crippen molar-refractivity contribution < 1.29 is 0 Å². The summed E-state index contributed by atoms with van der Waals surface area (Å²) in [6.45, 7) is 2.20. The maximum absolute atomic E-state index is 2.37. The highest BCUT2D eigenvalue weighted by atomic mass is 31.1. The molecule has 0 amide bonds. The summed E-state index contributed by atoms with van der Waals surface area (Å²) in [7, 11) is -0.611. The molecule has 3 nitrogen and oxygen atoms in total. The van der Waals surface area contributed by atoms with Crippen molar-refractivity contribution in [3.63, 3.8) is 0 Å². The van der Waals surface area contributed by atoms with E-state index in [1.54, 1.807) is 0 Å². The topological polar surface area (TPSA) is 14.8 Å². The molecule has 3 rings (SSSR count). The molecular formula is C14H16N3P. The van der Waals surface area contributed by atoms with Crippen molar-refractivity contribution in [1.29, 1.82) is 0 Å². The third-order valence-corrected chi connectivity index (χ3v) is 5.09. The van der Waals surface area contributed by atoms with Gasteiger partial charge in [0, 0.05) is 36.7 Å². The molecule has 0 spiro atoms. The maximum Gasteiger partial charge on any atom is 0.220 e. The summed E-state index contributed by atoms with van der Waals surface area (Å²) in [6.07, 6.45) is 11.7. The Kier molecular flexibility index (Phi) is 3.07. The molecule has 0 bridgehead atoms. The molecule has 0 saturated heterocycles. The van der Waals surface area contributed by atoms with E-state index in [2.05, 4.69) is 87.3 Å². The highest BCUT2D eigenvalue weighted by Crippen LogP contribution is 2.42. The van der Waals surface area contributed by atoms with E-state index in [4.69, 9.17) is 0 Å². The standard InChI is InChI=1S/C14H16N3P/c1-2-14-8-7-13-17(14)18(15-9-3-4-10-15)16-11-5-6-12-16/h3-13H,2H2,1H3. The fourth-order valence-electron chi connectivity index (χ4n) is 2.09. The average Bonchev–Trinajstić information content (AvgIpc) is 3.13. The second-order valence-electron chi connectivity index (χ2n) is 4.09. The first-order valence-corrected chi connectivity index (χ1v) is 7.33. The number of aromatic nitrogens is 3. The molecule has 18 heavy (non-hydrogen) atoms. The second kappa shape index (κ2) is 4.87. The van der Waals surface area contributed by atoms with Gasteiger partial charge < -0.3 is 0 Å². The number of aryl methyl sites for hydroxylation is 1. The van der Waals surface area contributed by atoms with Gasteiger partial charge in [-0.25, -0.2) is 0 Å². The summed E-state index contributed by atoms with van der Waals surface area (Å²) in [6, 6.07) is 12.6. The fraction of sp³-hybridized carbons (Fsp3) is 0.143. The molecule has 0 atom stereocenters. The van der Waals surface area contributed by atoms with Gasteiger partial charge in [0.1, 0.15) is 0 Å². The number of hydrogen-bond acceptors (Lipinski definition) is 0. The minimum atomic E-state index is -0.611. The van der Waals surface area contributed by atoms with E-state index in [-0.39, 0.29) is 0 Å². The molecule has 3 aromatic heterocycles. The third-order valence-electron chi connectivity index (χ3n) is 2.96. The molecule has 0 aromatic carbocycles. The number of hydrogen-bond donors (Lipinski definition) is 0. The molecule has 0 fully saturated rings. The van der Waals surface area contributed by atoms with Crippen LogP contribution in [0.5, 0.6) is 0 Å². The lowest BCUT2D eigenvalue weighted by molar-refractivity contribution is 0.965. The molecule has 0 saturated carbocycles. The Morgan fingerprint density at radius 2 is 1.39 bits per heavy atom. The molecule has 4 heteroatoms. The van der Waals surface area contributed by atoms with E-state index < -0.39 is 8.37 Å². The summed E-state index contributed by atoms with van der Waals surface area (Å²) < 4.78 is 6.91. The van der Waals surface area contributed by atoms with Crippen LogP contribution in [0.3, 0.4) is 0 Å². The maximum atomic E-state index is 2.37. The van der Waals surface area contributed by atoms with E-state index >= 15 is 0 Å². The Bertz CT molecular complexity index is 559. The van der Waals surface area contributed by atoms with Crippen LogP contribution in [0.1, 0.15) is 12.6 Å². The predicted molar refractivity (Wildman–Crippen MR) is 75.8 cm³/mol. The smallest absolute Gasteiger partial charge is 0.220 e. The molecule has 92 valence electrons. The Hall–Kier alpha value is -1.73. The Labute approximate surface area is 108 Å². The van der Waals surface area contributed by atoms with Gasteiger partial charge in [-0.3, -0.25) is 13.0 Å². The first-order valence-electron chi connectivity index (χ1n) is 6.13. The van der Waals surface area contributed by atoms with Gasteiger partial charge in [-0.2, -0.15) is 0 Å². The summed E-state index contributed by atoms with van der Waals surface area (Å²) in [4.78, 5) is 0. The average molecular weight is 257 g/mol. The quantitative estimate of drug-likeness (QED) is 0.631. The van der Waals surface area contributed by atoms with Crippen molar-refractivity contribution in [3.05, 3.63) is 73.1 Å². The van der Waals surface area contributed by atoms with Crippen LogP contribution in [0, 0.1) is 0 Å². The second-order valence-corrected chi connectivity index (χ2v) is 5.98. The van der Waals surface area contributed by atoms with Gasteiger partial charge in [0.05, 0.1) is 0 Å². The monoisotopic (exact) mass is 257 g/mol. The fourth-order valence-corrected chi connectivity index (χ4v) is 4.20. The van der Waals surface area contributed by atoms with Crippen molar-refractivity contribution in [2.24, 2.45) is 0 Å².